The molecular formula is C15H15N3O3. The van der Waals surface area contributed by atoms with Crippen molar-refractivity contribution in [3.05, 3.63) is 66.3 Å². The molecule has 2 heterocycles. The number of nitrogens with one attached hydrogen (secondary N) is 1. The van der Waals surface area contributed by atoms with Crippen molar-refractivity contribution in [3.8, 4) is 5.75 Å². The van der Waals surface area contributed by atoms with E-state index in [0.717, 1.165) is 11.5 Å². The normalized spacial score (nSPS) is 10.7. The lowest BCUT2D eigenvalue weighted by molar-refractivity contribution is 0.258. The Morgan fingerprint density at radius 2 is 1.81 bits per heavy atom. The van der Waals surface area contributed by atoms with E-state index in [1.165, 1.54) is 0 Å². The Hall–Kier alpha value is -2.60. The molecule has 1 aromatic carbocycles. The van der Waals surface area contributed by atoms with Crippen LogP contribution in [0, 0.1) is 0 Å². The first-order chi connectivity index (χ1) is 10.4. The number of benzene rings is 1. The van der Waals surface area contributed by atoms with Gasteiger partial charge in [0.05, 0.1) is 19.4 Å². The highest BCUT2D eigenvalue weighted by molar-refractivity contribution is 5.20. The van der Waals surface area contributed by atoms with Gasteiger partial charge in [-0.3, -0.25) is 0 Å². The van der Waals surface area contributed by atoms with Crippen molar-refractivity contribution in [2.24, 2.45) is 0 Å². The monoisotopic (exact) mass is 285 g/mol. The summed E-state index contributed by atoms with van der Waals surface area (Å²) in [5, 5.41) is 11.1. The fourth-order valence-electron chi connectivity index (χ4n) is 1.79. The molecule has 2 aromatic heterocycles. The fourth-order valence-corrected chi connectivity index (χ4v) is 1.79. The number of furan rings is 1. The van der Waals surface area contributed by atoms with E-state index < -0.39 is 0 Å². The third-order valence-corrected chi connectivity index (χ3v) is 2.77. The lowest BCUT2D eigenvalue weighted by Crippen LogP contribution is -2.12. The van der Waals surface area contributed by atoms with Crippen molar-refractivity contribution in [1.82, 2.24) is 15.5 Å². The van der Waals surface area contributed by atoms with E-state index >= 15 is 0 Å². The van der Waals surface area contributed by atoms with E-state index in [1.54, 1.807) is 6.26 Å². The molecule has 0 atom stereocenters. The number of hydrogen-bond acceptors (Lipinski definition) is 6. The van der Waals surface area contributed by atoms with Crippen LogP contribution in [0.1, 0.15) is 17.5 Å². The first kappa shape index (κ1) is 13.4. The maximum atomic E-state index is 5.54. The highest BCUT2D eigenvalue weighted by Crippen LogP contribution is 2.11. The van der Waals surface area contributed by atoms with Crippen molar-refractivity contribution in [1.29, 1.82) is 0 Å². The number of hydrogen-bond donors (Lipinski definition) is 1. The molecule has 0 spiro atoms. The molecule has 0 aliphatic carbocycles. The Balaban J connectivity index is 1.45. The molecule has 3 aromatic rings. The Kier molecular flexibility index (Phi) is 4.28. The first-order valence-corrected chi connectivity index (χ1v) is 6.62. The van der Waals surface area contributed by atoms with Gasteiger partial charge in [0.2, 0.25) is 5.89 Å². The van der Waals surface area contributed by atoms with Crippen molar-refractivity contribution in [3.63, 3.8) is 0 Å². The predicted molar refractivity (Wildman–Crippen MR) is 74.3 cm³/mol. The van der Waals surface area contributed by atoms with Crippen LogP contribution in [0.25, 0.3) is 0 Å². The van der Waals surface area contributed by atoms with Gasteiger partial charge in [-0.2, -0.15) is 0 Å². The van der Waals surface area contributed by atoms with Crippen molar-refractivity contribution < 1.29 is 13.6 Å². The second-order valence-corrected chi connectivity index (χ2v) is 4.37. The van der Waals surface area contributed by atoms with Gasteiger partial charge >= 0.3 is 0 Å². The molecule has 0 aliphatic heterocycles. The number of aromatic nitrogens is 2. The largest absolute Gasteiger partial charge is 0.484 e. The summed E-state index contributed by atoms with van der Waals surface area (Å²) < 4.78 is 16.2. The third kappa shape index (κ3) is 3.93. The number of rotatable bonds is 7. The van der Waals surface area contributed by atoms with Gasteiger partial charge in [0.25, 0.3) is 5.89 Å². The molecule has 21 heavy (non-hydrogen) atoms. The van der Waals surface area contributed by atoms with Gasteiger partial charge in [0, 0.05) is 0 Å². The van der Waals surface area contributed by atoms with Gasteiger partial charge < -0.3 is 18.9 Å². The summed E-state index contributed by atoms with van der Waals surface area (Å²) in [6, 6.07) is 13.3. The van der Waals surface area contributed by atoms with Crippen LogP contribution >= 0.6 is 0 Å². The summed E-state index contributed by atoms with van der Waals surface area (Å²) >= 11 is 0. The molecule has 0 bridgehead atoms. The van der Waals surface area contributed by atoms with Crippen LogP contribution < -0.4 is 10.1 Å². The maximum Gasteiger partial charge on any atom is 0.253 e. The van der Waals surface area contributed by atoms with Gasteiger partial charge in [-0.25, -0.2) is 0 Å². The topological polar surface area (TPSA) is 73.3 Å². The molecule has 0 aliphatic rings. The van der Waals surface area contributed by atoms with Gasteiger partial charge in [-0.05, 0) is 24.3 Å². The Bertz CT molecular complexity index is 650. The van der Waals surface area contributed by atoms with E-state index in [4.69, 9.17) is 13.6 Å². The smallest absolute Gasteiger partial charge is 0.253 e. The molecule has 1 N–H and O–H groups in total. The highest BCUT2D eigenvalue weighted by atomic mass is 16.5. The minimum atomic E-state index is 0.259. The molecule has 0 saturated heterocycles. The molecule has 0 radical (unpaired) electrons. The molecule has 0 saturated carbocycles. The Morgan fingerprint density at radius 1 is 0.952 bits per heavy atom. The second-order valence-electron chi connectivity index (χ2n) is 4.37. The van der Waals surface area contributed by atoms with Crippen LogP contribution in [0.4, 0.5) is 0 Å². The molecule has 6 nitrogen and oxygen atoms in total. The number of ether oxygens (including phenoxy) is 1. The Labute approximate surface area is 121 Å². The highest BCUT2D eigenvalue weighted by Gasteiger charge is 2.06. The van der Waals surface area contributed by atoms with Gasteiger partial charge in [0.15, 0.2) is 6.61 Å². The van der Waals surface area contributed by atoms with Gasteiger partial charge in [0.1, 0.15) is 11.5 Å². The third-order valence-electron chi connectivity index (χ3n) is 2.77. The zero-order valence-electron chi connectivity index (χ0n) is 11.4. The first-order valence-electron chi connectivity index (χ1n) is 6.62. The van der Waals surface area contributed by atoms with Gasteiger partial charge in [-0.15, -0.1) is 10.2 Å². The zero-order valence-corrected chi connectivity index (χ0v) is 11.4. The quantitative estimate of drug-likeness (QED) is 0.719. The maximum absolute atomic E-state index is 5.54. The van der Waals surface area contributed by atoms with Crippen LogP contribution in [-0.2, 0) is 19.7 Å². The van der Waals surface area contributed by atoms with Crippen LogP contribution in [0.3, 0.4) is 0 Å². The van der Waals surface area contributed by atoms with E-state index in [2.05, 4.69) is 15.5 Å². The minimum Gasteiger partial charge on any atom is -0.484 e. The van der Waals surface area contributed by atoms with Crippen LogP contribution in [0.2, 0.25) is 0 Å². The standard InChI is InChI=1S/C15H15N3O3/c1-2-5-12(6-3-1)20-11-15-18-17-14(21-15)10-16-9-13-7-4-8-19-13/h1-8,16H,9-11H2. The molecule has 0 amide bonds. The summed E-state index contributed by atoms with van der Waals surface area (Å²) in [4.78, 5) is 0. The molecule has 0 unspecified atom stereocenters. The predicted octanol–water partition coefficient (Wildman–Crippen LogP) is 2.53. The van der Waals surface area contributed by atoms with E-state index in [0.29, 0.717) is 24.9 Å². The van der Waals surface area contributed by atoms with Gasteiger partial charge in [-0.1, -0.05) is 18.2 Å². The number of para-hydroxylation sites is 1. The molecule has 3 rings (SSSR count). The minimum absolute atomic E-state index is 0.259. The summed E-state index contributed by atoms with van der Waals surface area (Å²) in [6.45, 7) is 1.36. The number of nitrogens with zero attached hydrogens (tertiary/aromatic N) is 2. The van der Waals surface area contributed by atoms with Crippen LogP contribution in [0.5, 0.6) is 5.75 Å². The van der Waals surface area contributed by atoms with E-state index in [9.17, 15) is 0 Å². The molecule has 6 heteroatoms. The summed E-state index contributed by atoms with van der Waals surface area (Å²) in [5.41, 5.74) is 0. The van der Waals surface area contributed by atoms with Crippen molar-refractivity contribution >= 4 is 0 Å². The fraction of sp³-hybridized carbons (Fsp3) is 0.200. The van der Waals surface area contributed by atoms with Crippen LogP contribution in [0.15, 0.2) is 57.6 Å². The van der Waals surface area contributed by atoms with E-state index in [-0.39, 0.29) is 6.61 Å². The Morgan fingerprint density at radius 3 is 2.62 bits per heavy atom. The second kappa shape index (κ2) is 6.71. The summed E-state index contributed by atoms with van der Waals surface area (Å²) in [5.74, 6) is 2.61. The SMILES string of the molecule is c1ccc(OCc2nnc(CNCc3ccco3)o2)cc1. The summed E-state index contributed by atoms with van der Waals surface area (Å²) in [6.07, 6.45) is 1.64. The molecular weight excluding hydrogens is 270 g/mol. The molecule has 108 valence electrons. The van der Waals surface area contributed by atoms with Crippen molar-refractivity contribution in [2.75, 3.05) is 0 Å². The summed E-state index contributed by atoms with van der Waals surface area (Å²) in [7, 11) is 0. The average molecular weight is 285 g/mol. The van der Waals surface area contributed by atoms with Crippen molar-refractivity contribution in [2.45, 2.75) is 19.7 Å². The van der Waals surface area contributed by atoms with Crippen LogP contribution in [-0.4, -0.2) is 10.2 Å². The molecule has 0 fully saturated rings. The average Bonchev–Trinajstić information content (AvgIpc) is 3.18. The zero-order chi connectivity index (χ0) is 14.3. The lowest BCUT2D eigenvalue weighted by Gasteiger charge is -2.01. The lowest BCUT2D eigenvalue weighted by atomic mass is 10.3. The van der Waals surface area contributed by atoms with E-state index in [1.807, 2.05) is 42.5 Å².